The van der Waals surface area contributed by atoms with Gasteiger partial charge in [0.25, 0.3) is 0 Å². The molecule has 1 aromatic heterocycles. The van der Waals surface area contributed by atoms with Crippen LogP contribution in [-0.4, -0.2) is 45.1 Å². The Bertz CT molecular complexity index is 406. The smallest absolute Gasteiger partial charge is 0.142 e. The van der Waals surface area contributed by atoms with Gasteiger partial charge in [-0.1, -0.05) is 0 Å². The van der Waals surface area contributed by atoms with E-state index in [2.05, 4.69) is 10.3 Å². The Kier molecular flexibility index (Phi) is 6.24. The predicted octanol–water partition coefficient (Wildman–Crippen LogP) is 1.54. The normalized spacial score (nSPS) is 18.4. The summed E-state index contributed by atoms with van der Waals surface area (Å²) in [6, 6.07) is 3.99. The Hall–Kier alpha value is -1.17. The van der Waals surface area contributed by atoms with Gasteiger partial charge in [-0.15, -0.1) is 0 Å². The van der Waals surface area contributed by atoms with Crippen molar-refractivity contribution in [2.24, 2.45) is 5.92 Å². The van der Waals surface area contributed by atoms with Gasteiger partial charge in [-0.25, -0.2) is 0 Å². The number of hydrogen-bond acceptors (Lipinski definition) is 5. The quantitative estimate of drug-likeness (QED) is 0.732. The second kappa shape index (κ2) is 8.19. The number of aromatic nitrogens is 1. The van der Waals surface area contributed by atoms with Crippen LogP contribution in [0.25, 0.3) is 0 Å². The largest absolute Gasteiger partial charge is 0.491 e. The summed E-state index contributed by atoms with van der Waals surface area (Å²) >= 11 is 0. The molecule has 1 unspecified atom stereocenters. The molecule has 1 atom stereocenters. The molecule has 2 rings (SSSR count). The lowest BCUT2D eigenvalue weighted by Crippen LogP contribution is -2.20. The summed E-state index contributed by atoms with van der Waals surface area (Å²) in [5, 5.41) is 3.31. The molecule has 0 saturated carbocycles. The van der Waals surface area contributed by atoms with Crippen molar-refractivity contribution in [3.8, 4) is 5.75 Å². The van der Waals surface area contributed by atoms with Gasteiger partial charge in [0, 0.05) is 38.4 Å². The van der Waals surface area contributed by atoms with Crippen molar-refractivity contribution in [3.63, 3.8) is 0 Å². The van der Waals surface area contributed by atoms with Gasteiger partial charge >= 0.3 is 0 Å². The van der Waals surface area contributed by atoms with Crippen LogP contribution in [0, 0.1) is 12.8 Å². The summed E-state index contributed by atoms with van der Waals surface area (Å²) in [4.78, 5) is 4.56. The number of ether oxygens (including phenoxy) is 3. The summed E-state index contributed by atoms with van der Waals surface area (Å²) < 4.78 is 16.3. The van der Waals surface area contributed by atoms with Crippen LogP contribution in [0.4, 0.5) is 0 Å². The fourth-order valence-electron chi connectivity index (χ4n) is 2.16. The molecular weight excluding hydrogens is 256 g/mol. The number of pyridine rings is 1. The van der Waals surface area contributed by atoms with Gasteiger partial charge in [0.2, 0.25) is 0 Å². The number of methoxy groups -OCH3 is 1. The van der Waals surface area contributed by atoms with E-state index in [-0.39, 0.29) is 0 Å². The van der Waals surface area contributed by atoms with E-state index in [1.54, 1.807) is 7.11 Å². The summed E-state index contributed by atoms with van der Waals surface area (Å²) in [5.41, 5.74) is 1.96. The van der Waals surface area contributed by atoms with Crippen LogP contribution in [-0.2, 0) is 16.0 Å². The first kappa shape index (κ1) is 15.2. The van der Waals surface area contributed by atoms with Gasteiger partial charge in [0.15, 0.2) is 0 Å². The van der Waals surface area contributed by atoms with Crippen LogP contribution in [0.1, 0.15) is 17.8 Å². The lowest BCUT2D eigenvalue weighted by Gasteiger charge is -2.14. The van der Waals surface area contributed by atoms with Crippen molar-refractivity contribution in [2.45, 2.75) is 19.9 Å². The molecule has 2 heterocycles. The third-order valence-electron chi connectivity index (χ3n) is 3.35. The molecule has 112 valence electrons. The highest BCUT2D eigenvalue weighted by atomic mass is 16.5. The van der Waals surface area contributed by atoms with Gasteiger partial charge in [-0.05, 0) is 25.5 Å². The topological polar surface area (TPSA) is 52.6 Å². The minimum atomic E-state index is 0.505. The van der Waals surface area contributed by atoms with Crippen LogP contribution < -0.4 is 10.1 Å². The van der Waals surface area contributed by atoms with Crippen molar-refractivity contribution in [2.75, 3.05) is 40.1 Å². The van der Waals surface area contributed by atoms with Crippen molar-refractivity contribution in [1.82, 2.24) is 10.3 Å². The van der Waals surface area contributed by atoms with Gasteiger partial charge < -0.3 is 19.5 Å². The lowest BCUT2D eigenvalue weighted by atomic mass is 10.1. The highest BCUT2D eigenvalue weighted by molar-refractivity contribution is 5.29. The third kappa shape index (κ3) is 4.74. The van der Waals surface area contributed by atoms with Gasteiger partial charge in [-0.3, -0.25) is 4.98 Å². The molecule has 0 aliphatic carbocycles. The predicted molar refractivity (Wildman–Crippen MR) is 77.0 cm³/mol. The Labute approximate surface area is 120 Å². The minimum Gasteiger partial charge on any atom is -0.491 e. The molecule has 0 bridgehead atoms. The molecule has 1 aromatic rings. The fourth-order valence-corrected chi connectivity index (χ4v) is 2.16. The molecule has 1 saturated heterocycles. The lowest BCUT2D eigenvalue weighted by molar-refractivity contribution is 0.166. The van der Waals surface area contributed by atoms with E-state index in [1.807, 2.05) is 19.1 Å². The van der Waals surface area contributed by atoms with Gasteiger partial charge in [0.1, 0.15) is 5.75 Å². The zero-order chi connectivity index (χ0) is 14.2. The van der Waals surface area contributed by atoms with Crippen molar-refractivity contribution in [1.29, 1.82) is 0 Å². The molecule has 0 spiro atoms. The minimum absolute atomic E-state index is 0.505. The average molecular weight is 280 g/mol. The summed E-state index contributed by atoms with van der Waals surface area (Å²) in [6.07, 6.45) is 1.08. The highest BCUT2D eigenvalue weighted by Crippen LogP contribution is 2.20. The number of rotatable bonds is 8. The second-order valence-corrected chi connectivity index (χ2v) is 5.11. The van der Waals surface area contributed by atoms with Gasteiger partial charge in [-0.2, -0.15) is 0 Å². The molecule has 0 radical (unpaired) electrons. The third-order valence-corrected chi connectivity index (χ3v) is 3.35. The first-order chi connectivity index (χ1) is 9.79. The van der Waals surface area contributed by atoms with Crippen LogP contribution in [0.15, 0.2) is 12.1 Å². The molecule has 20 heavy (non-hydrogen) atoms. The Balaban J connectivity index is 1.88. The summed E-state index contributed by atoms with van der Waals surface area (Å²) in [5.74, 6) is 1.37. The van der Waals surface area contributed by atoms with Gasteiger partial charge in [0.05, 0.1) is 25.5 Å². The molecule has 1 N–H and O–H groups in total. The molecule has 5 nitrogen and oxygen atoms in total. The van der Waals surface area contributed by atoms with Crippen LogP contribution in [0.3, 0.4) is 0 Å². The second-order valence-electron chi connectivity index (χ2n) is 5.11. The molecule has 1 fully saturated rings. The van der Waals surface area contributed by atoms with Crippen LogP contribution in [0.5, 0.6) is 5.75 Å². The summed E-state index contributed by atoms with van der Waals surface area (Å²) in [6.45, 7) is 6.56. The first-order valence-electron chi connectivity index (χ1n) is 7.16. The van der Waals surface area contributed by atoms with E-state index in [9.17, 15) is 0 Å². The number of nitrogens with one attached hydrogen (secondary N) is 1. The fraction of sp³-hybridized carbons (Fsp3) is 0.667. The Morgan fingerprint density at radius 2 is 2.35 bits per heavy atom. The van der Waals surface area contributed by atoms with Crippen LogP contribution >= 0.6 is 0 Å². The van der Waals surface area contributed by atoms with E-state index in [0.717, 1.165) is 43.3 Å². The maximum absolute atomic E-state index is 5.92. The van der Waals surface area contributed by atoms with Crippen molar-refractivity contribution >= 4 is 0 Å². The van der Waals surface area contributed by atoms with E-state index in [0.29, 0.717) is 25.7 Å². The molecule has 5 heteroatoms. The summed E-state index contributed by atoms with van der Waals surface area (Å²) in [7, 11) is 1.70. The first-order valence-corrected chi connectivity index (χ1v) is 7.16. The molecule has 0 aromatic carbocycles. The number of hydrogen-bond donors (Lipinski definition) is 1. The van der Waals surface area contributed by atoms with Crippen molar-refractivity contribution < 1.29 is 14.2 Å². The molecule has 1 aliphatic rings. The monoisotopic (exact) mass is 280 g/mol. The zero-order valence-electron chi connectivity index (χ0n) is 12.4. The van der Waals surface area contributed by atoms with E-state index >= 15 is 0 Å². The average Bonchev–Trinajstić information content (AvgIpc) is 2.96. The maximum Gasteiger partial charge on any atom is 0.142 e. The zero-order valence-corrected chi connectivity index (χ0v) is 12.4. The van der Waals surface area contributed by atoms with E-state index < -0.39 is 0 Å². The standard InChI is InChI=1S/C15H24N2O3/c1-12-3-4-15(20-11-13-5-7-19-10-13)14(17-12)9-16-6-8-18-2/h3-4,13,16H,5-11H2,1-2H3. The molecule has 1 aliphatic heterocycles. The molecular formula is C15H24N2O3. The van der Waals surface area contributed by atoms with Crippen LogP contribution in [0.2, 0.25) is 0 Å². The Morgan fingerprint density at radius 1 is 1.45 bits per heavy atom. The maximum atomic E-state index is 5.92. The SMILES string of the molecule is COCCNCc1nc(C)ccc1OCC1CCOC1. The Morgan fingerprint density at radius 3 is 3.10 bits per heavy atom. The van der Waals surface area contributed by atoms with Crippen molar-refractivity contribution in [3.05, 3.63) is 23.5 Å². The number of aryl methyl sites for hydroxylation is 1. The molecule has 0 amide bonds. The highest BCUT2D eigenvalue weighted by Gasteiger charge is 2.17. The van der Waals surface area contributed by atoms with E-state index in [1.165, 1.54) is 0 Å². The number of nitrogens with zero attached hydrogens (tertiary/aromatic N) is 1. The van der Waals surface area contributed by atoms with E-state index in [4.69, 9.17) is 14.2 Å².